The van der Waals surface area contributed by atoms with Gasteiger partial charge in [0.25, 0.3) is 0 Å². The second-order valence-electron chi connectivity index (χ2n) is 7.34. The fourth-order valence-corrected chi connectivity index (χ4v) is 2.40. The first-order valence-electron chi connectivity index (χ1n) is 8.88. The average molecular weight is 373 g/mol. The van der Waals surface area contributed by atoms with Crippen LogP contribution in [0, 0.1) is 0 Å². The molecule has 0 atom stereocenters. The number of nitrogens with one attached hydrogen (secondary N) is 2. The van der Waals surface area contributed by atoms with Crippen molar-refractivity contribution in [1.82, 2.24) is 10.2 Å². The van der Waals surface area contributed by atoms with E-state index >= 15 is 0 Å². The summed E-state index contributed by atoms with van der Waals surface area (Å²) < 4.78 is 10.9. The summed E-state index contributed by atoms with van der Waals surface area (Å²) in [7, 11) is 1.52. The van der Waals surface area contributed by atoms with Crippen molar-refractivity contribution >= 4 is 17.5 Å². The van der Waals surface area contributed by atoms with Crippen LogP contribution in [0.15, 0.2) is 24.3 Å². The molecular formula is C20H27N3O4. The topological polar surface area (TPSA) is 93.3 Å². The summed E-state index contributed by atoms with van der Waals surface area (Å²) in [6, 6.07) is 6.88. The number of ether oxygens (including phenoxy) is 2. The third kappa shape index (κ3) is 5.84. The van der Waals surface area contributed by atoms with Gasteiger partial charge in [0.1, 0.15) is 0 Å². The molecule has 0 aliphatic rings. The molecule has 146 valence electrons. The van der Waals surface area contributed by atoms with Crippen molar-refractivity contribution in [3.05, 3.63) is 35.5 Å². The molecule has 7 nitrogen and oxygen atoms in total. The van der Waals surface area contributed by atoms with Gasteiger partial charge in [-0.15, -0.1) is 0 Å². The molecule has 1 heterocycles. The van der Waals surface area contributed by atoms with E-state index in [1.54, 1.807) is 18.2 Å². The van der Waals surface area contributed by atoms with Crippen LogP contribution in [0.5, 0.6) is 11.5 Å². The number of nitrogens with zero attached hydrogens (tertiary/aromatic N) is 1. The predicted octanol–water partition coefficient (Wildman–Crippen LogP) is 3.72. The normalized spacial score (nSPS) is 11.1. The fourth-order valence-electron chi connectivity index (χ4n) is 2.40. The molecule has 2 N–H and O–H groups in total. The maximum atomic E-state index is 12.0. The van der Waals surface area contributed by atoms with Gasteiger partial charge in [-0.25, -0.2) is 0 Å². The van der Waals surface area contributed by atoms with Gasteiger partial charge >= 0.3 is 0 Å². The van der Waals surface area contributed by atoms with Crippen LogP contribution >= 0.6 is 0 Å². The number of H-pyrrole nitrogens is 1. The number of benzene rings is 1. The molecule has 0 saturated heterocycles. The van der Waals surface area contributed by atoms with Gasteiger partial charge in [-0.2, -0.15) is 5.10 Å². The predicted molar refractivity (Wildman–Crippen MR) is 104 cm³/mol. The highest BCUT2D eigenvalue weighted by molar-refractivity contribution is 5.94. The van der Waals surface area contributed by atoms with E-state index in [1.165, 1.54) is 14.0 Å². The molecule has 0 fully saturated rings. The number of hydrogen-bond acceptors (Lipinski definition) is 5. The summed E-state index contributed by atoms with van der Waals surface area (Å²) >= 11 is 0. The van der Waals surface area contributed by atoms with Crippen LogP contribution in [0.25, 0.3) is 0 Å². The molecule has 0 bridgehead atoms. The quantitative estimate of drug-likeness (QED) is 0.543. The van der Waals surface area contributed by atoms with Gasteiger partial charge in [0.2, 0.25) is 5.91 Å². The van der Waals surface area contributed by atoms with Crippen molar-refractivity contribution in [3.8, 4) is 11.5 Å². The molecule has 27 heavy (non-hydrogen) atoms. The molecule has 0 radical (unpaired) electrons. The summed E-state index contributed by atoms with van der Waals surface area (Å²) in [6.45, 7) is 8.07. The maximum Gasteiger partial charge on any atom is 0.225 e. The van der Waals surface area contributed by atoms with Crippen molar-refractivity contribution in [2.45, 2.75) is 46.0 Å². The van der Waals surface area contributed by atoms with Gasteiger partial charge in [0.05, 0.1) is 13.7 Å². The summed E-state index contributed by atoms with van der Waals surface area (Å²) in [5, 5.41) is 9.83. The van der Waals surface area contributed by atoms with Crippen LogP contribution < -0.4 is 14.8 Å². The zero-order valence-electron chi connectivity index (χ0n) is 16.5. The second-order valence-corrected chi connectivity index (χ2v) is 7.34. The molecule has 1 aromatic carbocycles. The van der Waals surface area contributed by atoms with E-state index in [2.05, 4.69) is 36.3 Å². The van der Waals surface area contributed by atoms with Crippen LogP contribution in [0.2, 0.25) is 0 Å². The van der Waals surface area contributed by atoms with E-state index in [1.807, 2.05) is 6.07 Å². The van der Waals surface area contributed by atoms with Gasteiger partial charge in [-0.05, 0) is 31.5 Å². The number of anilines is 1. The SMILES string of the molecule is COc1cc(C(C)=O)ccc1OCCCC(=O)Nc1cc(C(C)(C)C)[nH]n1. The molecule has 2 rings (SSSR count). The highest BCUT2D eigenvalue weighted by Crippen LogP contribution is 2.28. The zero-order valence-corrected chi connectivity index (χ0v) is 16.5. The first-order valence-corrected chi connectivity index (χ1v) is 8.88. The largest absolute Gasteiger partial charge is 0.493 e. The summed E-state index contributed by atoms with van der Waals surface area (Å²) in [5.41, 5.74) is 1.47. The van der Waals surface area contributed by atoms with E-state index in [9.17, 15) is 9.59 Å². The van der Waals surface area contributed by atoms with Crippen LogP contribution in [0.4, 0.5) is 5.82 Å². The van der Waals surface area contributed by atoms with Crippen molar-refractivity contribution in [2.75, 3.05) is 19.0 Å². The lowest BCUT2D eigenvalue weighted by Gasteiger charge is -2.14. The van der Waals surface area contributed by atoms with Crippen molar-refractivity contribution < 1.29 is 19.1 Å². The Kier molecular flexibility index (Phi) is 6.60. The molecule has 7 heteroatoms. The Morgan fingerprint density at radius 1 is 1.19 bits per heavy atom. The highest BCUT2D eigenvalue weighted by Gasteiger charge is 2.17. The van der Waals surface area contributed by atoms with Crippen molar-refractivity contribution in [1.29, 1.82) is 0 Å². The number of aromatic nitrogens is 2. The van der Waals surface area contributed by atoms with E-state index in [-0.39, 0.29) is 17.1 Å². The van der Waals surface area contributed by atoms with Crippen molar-refractivity contribution in [3.63, 3.8) is 0 Å². The number of amides is 1. The third-order valence-electron chi connectivity index (χ3n) is 4.03. The number of aromatic amines is 1. The Morgan fingerprint density at radius 3 is 2.52 bits per heavy atom. The van der Waals surface area contributed by atoms with E-state index in [4.69, 9.17) is 9.47 Å². The minimum atomic E-state index is -0.121. The van der Waals surface area contributed by atoms with Crippen LogP contribution in [0.1, 0.15) is 56.6 Å². The molecule has 1 aromatic heterocycles. The Labute approximate surface area is 159 Å². The van der Waals surface area contributed by atoms with Crippen LogP contribution in [-0.2, 0) is 10.2 Å². The van der Waals surface area contributed by atoms with Crippen LogP contribution in [-0.4, -0.2) is 35.6 Å². The Morgan fingerprint density at radius 2 is 1.93 bits per heavy atom. The minimum absolute atomic E-state index is 0.0375. The summed E-state index contributed by atoms with van der Waals surface area (Å²) in [6.07, 6.45) is 0.853. The molecule has 0 aliphatic carbocycles. The number of Topliss-reactive ketones (excluding diaryl/α,β-unsaturated/α-hetero) is 1. The highest BCUT2D eigenvalue weighted by atomic mass is 16.5. The minimum Gasteiger partial charge on any atom is -0.493 e. The Hall–Kier alpha value is -2.83. The molecule has 2 aromatic rings. The van der Waals surface area contributed by atoms with E-state index in [0.717, 1.165) is 5.69 Å². The Balaban J connectivity index is 1.80. The molecule has 0 spiro atoms. The lowest BCUT2D eigenvalue weighted by molar-refractivity contribution is -0.116. The monoisotopic (exact) mass is 373 g/mol. The standard InChI is InChI=1S/C20H27N3O4/c1-13(24)14-8-9-15(16(11-14)26-5)27-10-6-7-19(25)21-18-12-17(22-23-18)20(2,3)4/h8-9,11-12H,6-7,10H2,1-5H3,(H2,21,22,23,25). The van der Waals surface area contributed by atoms with Gasteiger partial charge in [0, 0.05) is 29.2 Å². The molecule has 0 saturated carbocycles. The molecule has 0 unspecified atom stereocenters. The first kappa shape index (κ1) is 20.5. The molecule has 1 amide bonds. The number of ketones is 1. The lowest BCUT2D eigenvalue weighted by atomic mass is 9.92. The number of methoxy groups -OCH3 is 1. The maximum absolute atomic E-state index is 12.0. The molecular weight excluding hydrogens is 346 g/mol. The number of rotatable bonds is 8. The van der Waals surface area contributed by atoms with E-state index in [0.29, 0.717) is 42.3 Å². The molecule has 0 aliphatic heterocycles. The number of carbonyl (C=O) groups is 2. The van der Waals surface area contributed by atoms with Gasteiger partial charge < -0.3 is 14.8 Å². The third-order valence-corrected chi connectivity index (χ3v) is 4.03. The number of hydrogen-bond donors (Lipinski definition) is 2. The van der Waals surface area contributed by atoms with Crippen molar-refractivity contribution in [2.24, 2.45) is 0 Å². The van der Waals surface area contributed by atoms with Gasteiger partial charge in [-0.3, -0.25) is 14.7 Å². The van der Waals surface area contributed by atoms with Crippen LogP contribution in [0.3, 0.4) is 0 Å². The average Bonchev–Trinajstić information content (AvgIpc) is 3.07. The smallest absolute Gasteiger partial charge is 0.225 e. The Bertz CT molecular complexity index is 806. The second kappa shape index (κ2) is 8.70. The first-order chi connectivity index (χ1) is 12.7. The van der Waals surface area contributed by atoms with Gasteiger partial charge in [0.15, 0.2) is 23.1 Å². The fraction of sp³-hybridized carbons (Fsp3) is 0.450. The lowest BCUT2D eigenvalue weighted by Crippen LogP contribution is -2.13. The zero-order chi connectivity index (χ0) is 20.0. The van der Waals surface area contributed by atoms with E-state index < -0.39 is 0 Å². The number of carbonyl (C=O) groups excluding carboxylic acids is 2. The van der Waals surface area contributed by atoms with Gasteiger partial charge in [-0.1, -0.05) is 20.8 Å². The summed E-state index contributed by atoms with van der Waals surface area (Å²) in [4.78, 5) is 23.5. The summed E-state index contributed by atoms with van der Waals surface area (Å²) in [5.74, 6) is 1.41.